The lowest BCUT2D eigenvalue weighted by Crippen LogP contribution is -2.35. The molecule has 2 fully saturated rings. The molecule has 2 amide bonds. The summed E-state index contributed by atoms with van der Waals surface area (Å²) in [5.41, 5.74) is 0.0317. The molecule has 0 saturated carbocycles. The van der Waals surface area contributed by atoms with Crippen molar-refractivity contribution >= 4 is 17.4 Å². The molecule has 0 aliphatic carbocycles. The Hall–Kier alpha value is -1.96. The Kier molecular flexibility index (Phi) is 5.36. The number of carbonyl (C=O) groups is 1. The first-order chi connectivity index (χ1) is 11.9. The molecule has 1 aromatic rings. The third-order valence-electron chi connectivity index (χ3n) is 4.53. The SMILES string of the molecule is O=C(NCC1CCCO1)Nc1cc(C(F)(F)F)ccc1N1CCCC1. The quantitative estimate of drug-likeness (QED) is 0.866. The van der Waals surface area contributed by atoms with E-state index >= 15 is 0 Å². The summed E-state index contributed by atoms with van der Waals surface area (Å²) < 4.78 is 44.4. The lowest BCUT2D eigenvalue weighted by atomic mass is 10.1. The smallest absolute Gasteiger partial charge is 0.376 e. The van der Waals surface area contributed by atoms with Crippen molar-refractivity contribution in [3.8, 4) is 0 Å². The summed E-state index contributed by atoms with van der Waals surface area (Å²) in [6, 6.07) is 2.97. The molecule has 2 heterocycles. The number of hydrogen-bond donors (Lipinski definition) is 2. The molecule has 8 heteroatoms. The normalized spacial score (nSPS) is 20.8. The van der Waals surface area contributed by atoms with Crippen LogP contribution >= 0.6 is 0 Å². The van der Waals surface area contributed by atoms with Crippen LogP contribution in [0.5, 0.6) is 0 Å². The largest absolute Gasteiger partial charge is 0.416 e. The first-order valence-corrected chi connectivity index (χ1v) is 8.56. The second-order valence-corrected chi connectivity index (χ2v) is 6.39. The number of halogens is 3. The number of alkyl halides is 3. The Labute approximate surface area is 144 Å². The topological polar surface area (TPSA) is 53.6 Å². The Morgan fingerprint density at radius 3 is 2.64 bits per heavy atom. The summed E-state index contributed by atoms with van der Waals surface area (Å²) in [5.74, 6) is 0. The predicted molar refractivity (Wildman–Crippen MR) is 88.9 cm³/mol. The van der Waals surface area contributed by atoms with Gasteiger partial charge < -0.3 is 20.3 Å². The summed E-state index contributed by atoms with van der Waals surface area (Å²) in [7, 11) is 0. The van der Waals surface area contributed by atoms with Gasteiger partial charge in [-0.15, -0.1) is 0 Å². The van der Waals surface area contributed by atoms with Crippen LogP contribution in [0.3, 0.4) is 0 Å². The molecule has 2 saturated heterocycles. The van der Waals surface area contributed by atoms with E-state index in [9.17, 15) is 18.0 Å². The molecule has 5 nitrogen and oxygen atoms in total. The lowest BCUT2D eigenvalue weighted by Gasteiger charge is -2.23. The van der Waals surface area contributed by atoms with Gasteiger partial charge in [0.25, 0.3) is 0 Å². The standard InChI is InChI=1S/C17H22F3N3O2/c18-17(19,20)12-5-6-15(23-7-1-2-8-23)14(10-12)22-16(24)21-11-13-4-3-9-25-13/h5-6,10,13H,1-4,7-9,11H2,(H2,21,22,24). The van der Waals surface area contributed by atoms with Crippen LogP contribution in [0.2, 0.25) is 0 Å². The molecule has 2 N–H and O–H groups in total. The second-order valence-electron chi connectivity index (χ2n) is 6.39. The summed E-state index contributed by atoms with van der Waals surface area (Å²) in [6.07, 6.45) is -0.653. The van der Waals surface area contributed by atoms with Crippen LogP contribution in [-0.4, -0.2) is 38.4 Å². The Morgan fingerprint density at radius 1 is 1.24 bits per heavy atom. The fraction of sp³-hybridized carbons (Fsp3) is 0.588. The molecule has 0 aromatic heterocycles. The van der Waals surface area contributed by atoms with Gasteiger partial charge in [0.1, 0.15) is 0 Å². The van der Waals surface area contributed by atoms with Gasteiger partial charge in [0.2, 0.25) is 0 Å². The Balaban J connectivity index is 1.72. The maximum atomic E-state index is 13.0. The van der Waals surface area contributed by atoms with Gasteiger partial charge in [0.05, 0.1) is 23.0 Å². The van der Waals surface area contributed by atoms with Crippen LogP contribution < -0.4 is 15.5 Å². The van der Waals surface area contributed by atoms with E-state index in [1.54, 1.807) is 0 Å². The van der Waals surface area contributed by atoms with Crippen molar-refractivity contribution in [2.45, 2.75) is 38.0 Å². The highest BCUT2D eigenvalue weighted by Gasteiger charge is 2.32. The minimum Gasteiger partial charge on any atom is -0.376 e. The summed E-state index contributed by atoms with van der Waals surface area (Å²) in [4.78, 5) is 14.1. The zero-order valence-corrected chi connectivity index (χ0v) is 13.9. The molecule has 1 aromatic carbocycles. The number of hydrogen-bond acceptors (Lipinski definition) is 3. The summed E-state index contributed by atoms with van der Waals surface area (Å²) in [6.45, 7) is 2.58. The molecule has 138 valence electrons. The van der Waals surface area contributed by atoms with Gasteiger partial charge in [-0.05, 0) is 43.9 Å². The number of nitrogens with zero attached hydrogens (tertiary/aromatic N) is 1. The van der Waals surface area contributed by atoms with Gasteiger partial charge in [0, 0.05) is 26.2 Å². The number of benzene rings is 1. The van der Waals surface area contributed by atoms with E-state index in [2.05, 4.69) is 10.6 Å². The number of urea groups is 1. The zero-order chi connectivity index (χ0) is 17.9. The summed E-state index contributed by atoms with van der Waals surface area (Å²) >= 11 is 0. The highest BCUT2D eigenvalue weighted by molar-refractivity contribution is 5.93. The van der Waals surface area contributed by atoms with Crippen molar-refractivity contribution in [3.05, 3.63) is 23.8 Å². The van der Waals surface area contributed by atoms with Crippen LogP contribution in [0.15, 0.2) is 18.2 Å². The molecule has 3 rings (SSSR count). The average Bonchev–Trinajstić information content (AvgIpc) is 3.26. The van der Waals surface area contributed by atoms with Crippen LogP contribution in [0.1, 0.15) is 31.2 Å². The van der Waals surface area contributed by atoms with Crippen LogP contribution in [-0.2, 0) is 10.9 Å². The highest BCUT2D eigenvalue weighted by atomic mass is 19.4. The minimum atomic E-state index is -4.45. The van der Waals surface area contributed by atoms with Crippen molar-refractivity contribution in [3.63, 3.8) is 0 Å². The van der Waals surface area contributed by atoms with Crippen molar-refractivity contribution in [1.82, 2.24) is 5.32 Å². The van der Waals surface area contributed by atoms with Crippen molar-refractivity contribution in [1.29, 1.82) is 0 Å². The van der Waals surface area contributed by atoms with E-state index < -0.39 is 17.8 Å². The minimum absolute atomic E-state index is 0.0229. The van der Waals surface area contributed by atoms with Crippen LogP contribution in [0.25, 0.3) is 0 Å². The number of nitrogens with one attached hydrogen (secondary N) is 2. The molecule has 0 spiro atoms. The second kappa shape index (κ2) is 7.51. The maximum absolute atomic E-state index is 13.0. The zero-order valence-electron chi connectivity index (χ0n) is 13.9. The number of rotatable bonds is 4. The third-order valence-corrected chi connectivity index (χ3v) is 4.53. The van der Waals surface area contributed by atoms with Gasteiger partial charge >= 0.3 is 12.2 Å². The van der Waals surface area contributed by atoms with Crippen LogP contribution in [0.4, 0.5) is 29.3 Å². The van der Waals surface area contributed by atoms with Gasteiger partial charge in [-0.1, -0.05) is 0 Å². The van der Waals surface area contributed by atoms with Gasteiger partial charge in [-0.2, -0.15) is 13.2 Å². The van der Waals surface area contributed by atoms with E-state index in [0.29, 0.717) is 18.8 Å². The van der Waals surface area contributed by atoms with Crippen molar-refractivity contribution in [2.75, 3.05) is 36.5 Å². The fourth-order valence-electron chi connectivity index (χ4n) is 3.22. The van der Waals surface area contributed by atoms with E-state index in [-0.39, 0.29) is 11.8 Å². The van der Waals surface area contributed by atoms with E-state index in [0.717, 1.165) is 50.9 Å². The molecule has 2 aliphatic heterocycles. The predicted octanol–water partition coefficient (Wildman–Crippen LogP) is 3.61. The van der Waals surface area contributed by atoms with Gasteiger partial charge in [0.15, 0.2) is 0 Å². The number of amides is 2. The van der Waals surface area contributed by atoms with E-state index in [1.165, 1.54) is 6.07 Å². The van der Waals surface area contributed by atoms with E-state index in [4.69, 9.17) is 4.74 Å². The summed E-state index contributed by atoms with van der Waals surface area (Å²) in [5, 5.41) is 5.25. The van der Waals surface area contributed by atoms with Crippen molar-refractivity contribution < 1.29 is 22.7 Å². The highest BCUT2D eigenvalue weighted by Crippen LogP contribution is 2.36. The number of anilines is 2. The van der Waals surface area contributed by atoms with E-state index in [1.807, 2.05) is 4.90 Å². The fourth-order valence-corrected chi connectivity index (χ4v) is 3.22. The lowest BCUT2D eigenvalue weighted by molar-refractivity contribution is -0.137. The van der Waals surface area contributed by atoms with Crippen LogP contribution in [0, 0.1) is 0 Å². The van der Waals surface area contributed by atoms with Gasteiger partial charge in [-0.25, -0.2) is 4.79 Å². The van der Waals surface area contributed by atoms with Crippen molar-refractivity contribution in [2.24, 2.45) is 0 Å². The maximum Gasteiger partial charge on any atom is 0.416 e. The molecular formula is C17H22F3N3O2. The first-order valence-electron chi connectivity index (χ1n) is 8.56. The third kappa shape index (κ3) is 4.56. The number of carbonyl (C=O) groups excluding carboxylic acids is 1. The molecule has 0 bridgehead atoms. The molecule has 1 unspecified atom stereocenters. The Morgan fingerprint density at radius 2 is 2.00 bits per heavy atom. The Bertz CT molecular complexity index is 610. The molecule has 1 atom stereocenters. The number of ether oxygens (including phenoxy) is 1. The molecular weight excluding hydrogens is 335 g/mol. The van der Waals surface area contributed by atoms with Gasteiger partial charge in [-0.3, -0.25) is 0 Å². The molecule has 25 heavy (non-hydrogen) atoms. The molecule has 0 radical (unpaired) electrons. The monoisotopic (exact) mass is 357 g/mol. The first kappa shape index (κ1) is 17.8. The molecule has 2 aliphatic rings. The average molecular weight is 357 g/mol.